The smallest absolute Gasteiger partial charge is 0.272 e. The quantitative estimate of drug-likeness (QED) is 0.847. The summed E-state index contributed by atoms with van der Waals surface area (Å²) in [5.74, 6) is 0.701. The fourth-order valence-corrected chi connectivity index (χ4v) is 3.20. The van der Waals surface area contributed by atoms with Crippen LogP contribution >= 0.6 is 0 Å². The minimum atomic E-state index is -0.172. The van der Waals surface area contributed by atoms with Crippen molar-refractivity contribution in [2.45, 2.75) is 13.0 Å². The van der Waals surface area contributed by atoms with Gasteiger partial charge in [-0.3, -0.25) is 14.3 Å². The second-order valence-corrected chi connectivity index (χ2v) is 6.09. The summed E-state index contributed by atoms with van der Waals surface area (Å²) in [6.07, 6.45) is 1.61. The minimum Gasteiger partial charge on any atom is -0.497 e. The molecular formula is C18H22N4O3. The lowest BCUT2D eigenvalue weighted by molar-refractivity contribution is -0.133. The van der Waals surface area contributed by atoms with Crippen LogP contribution in [0.25, 0.3) is 0 Å². The second kappa shape index (κ2) is 6.96. The zero-order valence-electron chi connectivity index (χ0n) is 14.7. The van der Waals surface area contributed by atoms with Crippen LogP contribution in [0.4, 0.5) is 0 Å². The third kappa shape index (κ3) is 3.35. The summed E-state index contributed by atoms with van der Waals surface area (Å²) in [5.41, 5.74) is 1.53. The Morgan fingerprint density at radius 2 is 1.88 bits per heavy atom. The van der Waals surface area contributed by atoms with Crippen LogP contribution in [0.15, 0.2) is 36.5 Å². The predicted molar refractivity (Wildman–Crippen MR) is 92.2 cm³/mol. The topological polar surface area (TPSA) is 67.7 Å². The molecule has 0 saturated carbocycles. The van der Waals surface area contributed by atoms with E-state index in [-0.39, 0.29) is 17.9 Å². The van der Waals surface area contributed by atoms with Gasteiger partial charge in [-0.15, -0.1) is 0 Å². The number of carbonyl (C=O) groups excluding carboxylic acids is 2. The summed E-state index contributed by atoms with van der Waals surface area (Å²) >= 11 is 0. The molecule has 0 spiro atoms. The van der Waals surface area contributed by atoms with E-state index in [2.05, 4.69) is 5.10 Å². The lowest BCUT2D eigenvalue weighted by Gasteiger charge is -2.41. The Morgan fingerprint density at radius 3 is 2.44 bits per heavy atom. The molecule has 7 heteroatoms. The molecule has 1 fully saturated rings. The Hall–Kier alpha value is -2.83. The van der Waals surface area contributed by atoms with E-state index in [4.69, 9.17) is 4.74 Å². The first-order valence-electron chi connectivity index (χ1n) is 8.19. The molecule has 1 atom stereocenters. The highest BCUT2D eigenvalue weighted by Gasteiger charge is 2.33. The highest BCUT2D eigenvalue weighted by molar-refractivity contribution is 5.92. The molecule has 1 saturated heterocycles. The molecule has 0 aliphatic carbocycles. The standard InChI is InChI=1S/C18H22N4O3/c1-13(23)22-11-10-21(18(24)16-8-9-19-20(16)2)12-17(22)14-4-6-15(25-3)7-5-14/h4-9,17H,10-12H2,1-3H3/t17-/m1/s1. The number of rotatable bonds is 3. The Labute approximate surface area is 146 Å². The summed E-state index contributed by atoms with van der Waals surface area (Å²) < 4.78 is 6.77. The molecule has 1 aromatic heterocycles. The normalized spacial score (nSPS) is 17.5. The van der Waals surface area contributed by atoms with Crippen LogP contribution in [0.1, 0.15) is 29.0 Å². The van der Waals surface area contributed by atoms with Crippen LogP contribution in [0, 0.1) is 0 Å². The van der Waals surface area contributed by atoms with Crippen LogP contribution < -0.4 is 4.74 Å². The Morgan fingerprint density at radius 1 is 1.16 bits per heavy atom. The molecule has 0 N–H and O–H groups in total. The number of piperazine rings is 1. The number of ether oxygens (including phenoxy) is 1. The molecule has 0 unspecified atom stereocenters. The van der Waals surface area contributed by atoms with Crippen molar-refractivity contribution in [2.24, 2.45) is 7.05 Å². The van der Waals surface area contributed by atoms with Crippen molar-refractivity contribution in [1.82, 2.24) is 19.6 Å². The molecule has 0 bridgehead atoms. The molecule has 3 rings (SSSR count). The van der Waals surface area contributed by atoms with Crippen molar-refractivity contribution in [1.29, 1.82) is 0 Å². The Kier molecular flexibility index (Phi) is 4.74. The summed E-state index contributed by atoms with van der Waals surface area (Å²) in [5, 5.41) is 4.06. The first-order valence-corrected chi connectivity index (χ1v) is 8.19. The summed E-state index contributed by atoms with van der Waals surface area (Å²) in [7, 11) is 3.37. The van der Waals surface area contributed by atoms with Gasteiger partial charge in [-0.25, -0.2) is 0 Å². The molecule has 1 aliphatic heterocycles. The number of benzene rings is 1. The number of hydrogen-bond acceptors (Lipinski definition) is 4. The fourth-order valence-electron chi connectivity index (χ4n) is 3.20. The molecule has 25 heavy (non-hydrogen) atoms. The van der Waals surface area contributed by atoms with Gasteiger partial charge >= 0.3 is 0 Å². The SMILES string of the molecule is COc1ccc([C@H]2CN(C(=O)c3ccnn3C)CCN2C(C)=O)cc1. The van der Waals surface area contributed by atoms with Crippen LogP contribution in [0.5, 0.6) is 5.75 Å². The Balaban J connectivity index is 1.85. The number of aromatic nitrogens is 2. The minimum absolute atomic E-state index is 0.00782. The van der Waals surface area contributed by atoms with Crippen LogP contribution in [0.3, 0.4) is 0 Å². The number of nitrogens with zero attached hydrogens (tertiary/aromatic N) is 4. The van der Waals surface area contributed by atoms with Crippen molar-refractivity contribution in [3.63, 3.8) is 0 Å². The zero-order valence-corrected chi connectivity index (χ0v) is 14.7. The average molecular weight is 342 g/mol. The van der Waals surface area contributed by atoms with Gasteiger partial charge in [-0.1, -0.05) is 12.1 Å². The van der Waals surface area contributed by atoms with Gasteiger partial charge in [-0.2, -0.15) is 5.10 Å². The monoisotopic (exact) mass is 342 g/mol. The van der Waals surface area contributed by atoms with E-state index < -0.39 is 0 Å². The molecule has 1 aliphatic rings. The zero-order chi connectivity index (χ0) is 18.0. The van der Waals surface area contributed by atoms with E-state index in [0.717, 1.165) is 11.3 Å². The largest absolute Gasteiger partial charge is 0.497 e. The van der Waals surface area contributed by atoms with Gasteiger partial charge in [-0.05, 0) is 23.8 Å². The molecule has 2 amide bonds. The second-order valence-electron chi connectivity index (χ2n) is 6.09. The highest BCUT2D eigenvalue weighted by Crippen LogP contribution is 2.28. The number of hydrogen-bond donors (Lipinski definition) is 0. The number of aryl methyl sites for hydroxylation is 1. The summed E-state index contributed by atoms with van der Waals surface area (Å²) in [4.78, 5) is 28.4. The van der Waals surface area contributed by atoms with E-state index in [1.807, 2.05) is 29.2 Å². The number of carbonyl (C=O) groups is 2. The van der Waals surface area contributed by atoms with E-state index in [1.54, 1.807) is 42.9 Å². The van der Waals surface area contributed by atoms with Crippen molar-refractivity contribution < 1.29 is 14.3 Å². The molecule has 2 aromatic rings. The molecular weight excluding hydrogens is 320 g/mol. The van der Waals surface area contributed by atoms with E-state index in [9.17, 15) is 9.59 Å². The van der Waals surface area contributed by atoms with Gasteiger partial charge in [0.2, 0.25) is 5.91 Å². The first kappa shape index (κ1) is 17.0. The van der Waals surface area contributed by atoms with Crippen LogP contribution in [0.2, 0.25) is 0 Å². The average Bonchev–Trinajstić information content (AvgIpc) is 3.06. The maximum atomic E-state index is 12.8. The number of amides is 2. The molecule has 2 heterocycles. The lowest BCUT2D eigenvalue weighted by Crippen LogP contribution is -2.52. The van der Waals surface area contributed by atoms with E-state index in [1.165, 1.54) is 0 Å². The maximum Gasteiger partial charge on any atom is 0.272 e. The van der Waals surface area contributed by atoms with Crippen molar-refractivity contribution in [2.75, 3.05) is 26.7 Å². The van der Waals surface area contributed by atoms with Crippen LogP contribution in [-0.2, 0) is 11.8 Å². The van der Waals surface area contributed by atoms with E-state index >= 15 is 0 Å². The maximum absolute atomic E-state index is 12.8. The molecule has 132 valence electrons. The first-order chi connectivity index (χ1) is 12.0. The molecule has 7 nitrogen and oxygen atoms in total. The predicted octanol–water partition coefficient (Wildman–Crippen LogP) is 1.47. The van der Waals surface area contributed by atoms with E-state index in [0.29, 0.717) is 25.3 Å². The lowest BCUT2D eigenvalue weighted by atomic mass is 10.0. The number of methoxy groups -OCH3 is 1. The molecule has 1 aromatic carbocycles. The van der Waals surface area contributed by atoms with Gasteiger partial charge in [0, 0.05) is 39.8 Å². The summed E-state index contributed by atoms with van der Waals surface area (Å²) in [6, 6.07) is 9.16. The van der Waals surface area contributed by atoms with Gasteiger partial charge in [0.05, 0.1) is 13.2 Å². The van der Waals surface area contributed by atoms with Gasteiger partial charge in [0.25, 0.3) is 5.91 Å². The fraction of sp³-hybridized carbons (Fsp3) is 0.389. The summed E-state index contributed by atoms with van der Waals surface area (Å²) in [6.45, 7) is 3.04. The van der Waals surface area contributed by atoms with Gasteiger partial charge < -0.3 is 14.5 Å². The van der Waals surface area contributed by atoms with Gasteiger partial charge in [0.15, 0.2) is 0 Å². The van der Waals surface area contributed by atoms with Crippen molar-refractivity contribution in [3.8, 4) is 5.75 Å². The molecule has 0 radical (unpaired) electrons. The van der Waals surface area contributed by atoms with Crippen molar-refractivity contribution >= 4 is 11.8 Å². The van der Waals surface area contributed by atoms with Gasteiger partial charge in [0.1, 0.15) is 11.4 Å². The Bertz CT molecular complexity index is 769. The van der Waals surface area contributed by atoms with Crippen LogP contribution in [-0.4, -0.2) is 58.1 Å². The highest BCUT2D eigenvalue weighted by atomic mass is 16.5. The van der Waals surface area contributed by atoms with Crippen molar-refractivity contribution in [3.05, 3.63) is 47.8 Å². The third-order valence-electron chi connectivity index (χ3n) is 4.61. The third-order valence-corrected chi connectivity index (χ3v) is 4.61.